The number of halogens is 1. The summed E-state index contributed by atoms with van der Waals surface area (Å²) in [5.41, 5.74) is 7.48. The van der Waals surface area contributed by atoms with Crippen molar-refractivity contribution in [3.8, 4) is 0 Å². The maximum absolute atomic E-state index is 15.5. The molecule has 0 amide bonds. The second-order valence-electron chi connectivity index (χ2n) is 8.53. The number of rotatable bonds is 5. The van der Waals surface area contributed by atoms with Crippen LogP contribution in [-0.4, -0.2) is 49.3 Å². The summed E-state index contributed by atoms with van der Waals surface area (Å²) in [5, 5.41) is 3.43. The summed E-state index contributed by atoms with van der Waals surface area (Å²) in [4.78, 5) is 2.50. The first-order valence-electron chi connectivity index (χ1n) is 10.1. The first kappa shape index (κ1) is 17.4. The normalized spacial score (nSPS) is 30.3. The van der Waals surface area contributed by atoms with Crippen LogP contribution >= 0.6 is 0 Å². The molecule has 2 atom stereocenters. The number of nitrogens with one attached hydrogen (secondary N) is 1. The molecule has 2 aliphatic heterocycles. The number of nitrogens with zero attached hydrogens (tertiary/aromatic N) is 1. The van der Waals surface area contributed by atoms with Crippen molar-refractivity contribution in [2.45, 2.75) is 56.2 Å². The number of hydrogen-bond acceptors (Lipinski definition) is 3. The molecule has 0 radical (unpaired) electrons. The minimum Gasteiger partial charge on any atom is -0.327 e. The Bertz CT molecular complexity index is 576. The number of alkyl halides is 1. The first-order chi connectivity index (χ1) is 12.1. The van der Waals surface area contributed by atoms with Gasteiger partial charge in [-0.05, 0) is 62.2 Å². The standard InChI is InChI=1S/C21H32FN3/c22-21(14-17-3-1-2-4-18(17)19-13-20(19)23)7-11-25(12-8-21)15-16-5-9-24-10-6-16/h1-4,16,19-20,24H,5-15,23H2. The molecule has 3 nitrogen and oxygen atoms in total. The predicted molar refractivity (Wildman–Crippen MR) is 101 cm³/mol. The van der Waals surface area contributed by atoms with E-state index in [2.05, 4.69) is 28.4 Å². The third-order valence-electron chi connectivity index (χ3n) is 6.53. The molecule has 2 saturated heterocycles. The van der Waals surface area contributed by atoms with Crippen LogP contribution in [-0.2, 0) is 6.42 Å². The van der Waals surface area contributed by atoms with Crippen LogP contribution in [0.5, 0.6) is 0 Å². The number of piperidine rings is 2. The number of hydrogen-bond donors (Lipinski definition) is 2. The van der Waals surface area contributed by atoms with Crippen molar-refractivity contribution in [3.05, 3.63) is 35.4 Å². The Balaban J connectivity index is 1.33. The molecule has 0 bridgehead atoms. The van der Waals surface area contributed by atoms with E-state index in [0.717, 1.165) is 45.1 Å². The van der Waals surface area contributed by atoms with Crippen molar-refractivity contribution in [2.75, 3.05) is 32.7 Å². The topological polar surface area (TPSA) is 41.3 Å². The molecule has 1 aromatic rings. The summed E-state index contributed by atoms with van der Waals surface area (Å²) >= 11 is 0. The van der Waals surface area contributed by atoms with Crippen molar-refractivity contribution >= 4 is 0 Å². The lowest BCUT2D eigenvalue weighted by Gasteiger charge is -2.39. The lowest BCUT2D eigenvalue weighted by Crippen LogP contribution is -2.45. The summed E-state index contributed by atoms with van der Waals surface area (Å²) < 4.78 is 15.5. The van der Waals surface area contributed by atoms with Crippen LogP contribution in [0, 0.1) is 5.92 Å². The van der Waals surface area contributed by atoms with Crippen molar-refractivity contribution < 1.29 is 4.39 Å². The third-order valence-corrected chi connectivity index (χ3v) is 6.53. The SMILES string of the molecule is NC1CC1c1ccccc1CC1(F)CCN(CC2CCNCC2)CC1. The lowest BCUT2D eigenvalue weighted by molar-refractivity contribution is 0.0489. The monoisotopic (exact) mass is 345 g/mol. The van der Waals surface area contributed by atoms with Gasteiger partial charge in [0, 0.05) is 38.0 Å². The molecule has 1 aliphatic carbocycles. The maximum Gasteiger partial charge on any atom is 0.117 e. The van der Waals surface area contributed by atoms with E-state index >= 15 is 4.39 Å². The van der Waals surface area contributed by atoms with Gasteiger partial charge in [-0.25, -0.2) is 4.39 Å². The fourth-order valence-corrected chi connectivity index (χ4v) is 4.71. The molecule has 0 spiro atoms. The Morgan fingerprint density at radius 3 is 2.52 bits per heavy atom. The summed E-state index contributed by atoms with van der Waals surface area (Å²) in [5.74, 6) is 1.25. The van der Waals surface area contributed by atoms with E-state index in [4.69, 9.17) is 5.73 Å². The van der Waals surface area contributed by atoms with Gasteiger partial charge >= 0.3 is 0 Å². The van der Waals surface area contributed by atoms with E-state index in [0.29, 0.717) is 25.2 Å². The van der Waals surface area contributed by atoms with E-state index in [1.165, 1.54) is 24.0 Å². The first-order valence-corrected chi connectivity index (χ1v) is 10.1. The number of nitrogens with two attached hydrogens (primary N) is 1. The van der Waals surface area contributed by atoms with Gasteiger partial charge in [0.1, 0.15) is 5.67 Å². The molecule has 3 aliphatic rings. The van der Waals surface area contributed by atoms with Crippen LogP contribution in [0.4, 0.5) is 4.39 Å². The van der Waals surface area contributed by atoms with Gasteiger partial charge in [0.25, 0.3) is 0 Å². The Morgan fingerprint density at radius 2 is 1.84 bits per heavy atom. The van der Waals surface area contributed by atoms with E-state index in [-0.39, 0.29) is 6.04 Å². The van der Waals surface area contributed by atoms with Gasteiger partial charge in [0.05, 0.1) is 0 Å². The molecular weight excluding hydrogens is 313 g/mol. The minimum atomic E-state index is -1.04. The maximum atomic E-state index is 15.5. The molecule has 0 aromatic heterocycles. The highest BCUT2D eigenvalue weighted by atomic mass is 19.1. The van der Waals surface area contributed by atoms with Crippen LogP contribution in [0.3, 0.4) is 0 Å². The molecule has 2 heterocycles. The Morgan fingerprint density at radius 1 is 1.16 bits per heavy atom. The van der Waals surface area contributed by atoms with Crippen LogP contribution < -0.4 is 11.1 Å². The minimum absolute atomic E-state index is 0.281. The van der Waals surface area contributed by atoms with E-state index in [1.807, 2.05) is 6.07 Å². The Kier molecular flexibility index (Phi) is 5.12. The summed E-state index contributed by atoms with van der Waals surface area (Å²) in [7, 11) is 0. The van der Waals surface area contributed by atoms with Crippen molar-refractivity contribution in [1.29, 1.82) is 0 Å². The fourth-order valence-electron chi connectivity index (χ4n) is 4.71. The van der Waals surface area contributed by atoms with Crippen LogP contribution in [0.1, 0.15) is 49.1 Å². The lowest BCUT2D eigenvalue weighted by atomic mass is 9.84. The summed E-state index contributed by atoms with van der Waals surface area (Å²) in [6, 6.07) is 8.66. The second-order valence-corrected chi connectivity index (χ2v) is 8.53. The van der Waals surface area contributed by atoms with Gasteiger partial charge < -0.3 is 16.0 Å². The average Bonchev–Trinajstić information content (AvgIpc) is 3.35. The predicted octanol–water partition coefficient (Wildman–Crippen LogP) is 2.85. The van der Waals surface area contributed by atoms with Crippen LogP contribution in [0.2, 0.25) is 0 Å². The van der Waals surface area contributed by atoms with Crippen molar-refractivity contribution in [3.63, 3.8) is 0 Å². The molecule has 138 valence electrons. The zero-order valence-electron chi connectivity index (χ0n) is 15.2. The number of likely N-dealkylation sites (tertiary alicyclic amines) is 1. The van der Waals surface area contributed by atoms with Crippen LogP contribution in [0.25, 0.3) is 0 Å². The van der Waals surface area contributed by atoms with Gasteiger partial charge in [-0.15, -0.1) is 0 Å². The van der Waals surface area contributed by atoms with E-state index < -0.39 is 5.67 Å². The molecule has 1 saturated carbocycles. The smallest absolute Gasteiger partial charge is 0.117 e. The third kappa shape index (κ3) is 4.24. The highest BCUT2D eigenvalue weighted by molar-refractivity contribution is 5.36. The summed E-state index contributed by atoms with van der Waals surface area (Å²) in [6.45, 7) is 5.26. The second kappa shape index (κ2) is 7.34. The van der Waals surface area contributed by atoms with Crippen molar-refractivity contribution in [1.82, 2.24) is 10.2 Å². The zero-order chi connectivity index (χ0) is 17.3. The quantitative estimate of drug-likeness (QED) is 0.862. The molecule has 4 heteroatoms. The van der Waals surface area contributed by atoms with E-state index in [9.17, 15) is 0 Å². The molecule has 1 aromatic carbocycles. The molecule has 2 unspecified atom stereocenters. The van der Waals surface area contributed by atoms with Gasteiger partial charge in [-0.1, -0.05) is 24.3 Å². The largest absolute Gasteiger partial charge is 0.327 e. The molecule has 3 N–H and O–H groups in total. The van der Waals surface area contributed by atoms with Crippen LogP contribution in [0.15, 0.2) is 24.3 Å². The molecule has 25 heavy (non-hydrogen) atoms. The van der Waals surface area contributed by atoms with Gasteiger partial charge in [0.15, 0.2) is 0 Å². The molecule has 4 rings (SSSR count). The highest BCUT2D eigenvalue weighted by Gasteiger charge is 2.39. The average molecular weight is 346 g/mol. The van der Waals surface area contributed by atoms with E-state index in [1.54, 1.807) is 0 Å². The van der Waals surface area contributed by atoms with Gasteiger partial charge in [0.2, 0.25) is 0 Å². The summed E-state index contributed by atoms with van der Waals surface area (Å²) in [6.07, 6.45) is 5.50. The fraction of sp³-hybridized carbons (Fsp3) is 0.714. The van der Waals surface area contributed by atoms with Gasteiger partial charge in [-0.3, -0.25) is 0 Å². The van der Waals surface area contributed by atoms with Gasteiger partial charge in [-0.2, -0.15) is 0 Å². The highest BCUT2D eigenvalue weighted by Crippen LogP contribution is 2.42. The number of benzene rings is 1. The molecule has 3 fully saturated rings. The molecular formula is C21H32FN3. The zero-order valence-corrected chi connectivity index (χ0v) is 15.2. The Hall–Kier alpha value is -0.970. The Labute approximate surface area is 151 Å². The van der Waals surface area contributed by atoms with Crippen molar-refractivity contribution in [2.24, 2.45) is 11.7 Å².